The van der Waals surface area contributed by atoms with Crippen LogP contribution in [0.1, 0.15) is 59.3 Å². The van der Waals surface area contributed by atoms with Gasteiger partial charge in [0.2, 0.25) is 5.91 Å². The Hall–Kier alpha value is -1.75. The summed E-state index contributed by atoms with van der Waals surface area (Å²) < 4.78 is 10.0. The molecular formula is C24H40N2O3. The Morgan fingerprint density at radius 1 is 1.03 bits per heavy atom. The summed E-state index contributed by atoms with van der Waals surface area (Å²) in [4.78, 5) is 16.5. The van der Waals surface area contributed by atoms with E-state index >= 15 is 0 Å². The second-order valence-corrected chi connectivity index (χ2v) is 8.37. The number of fused-ring (bicyclic) bond motifs is 1. The molecule has 3 atom stereocenters. The van der Waals surface area contributed by atoms with Crippen LogP contribution in [0.3, 0.4) is 0 Å². The van der Waals surface area contributed by atoms with Gasteiger partial charge >= 0.3 is 0 Å². The first kappa shape index (κ1) is 23.5. The minimum atomic E-state index is 0.402. The van der Waals surface area contributed by atoms with Crippen LogP contribution in [0, 0.1) is 5.41 Å². The summed E-state index contributed by atoms with van der Waals surface area (Å²) in [7, 11) is 5.50. The van der Waals surface area contributed by atoms with Gasteiger partial charge in [0.05, 0.1) is 14.2 Å². The van der Waals surface area contributed by atoms with E-state index in [1.54, 1.807) is 14.2 Å². The first-order chi connectivity index (χ1) is 14.0. The summed E-state index contributed by atoms with van der Waals surface area (Å²) in [6, 6.07) is 8.76. The first-order valence-corrected chi connectivity index (χ1v) is 11.1. The molecule has 164 valence electrons. The van der Waals surface area contributed by atoms with Crippen molar-refractivity contribution in [2.24, 2.45) is 5.41 Å². The Morgan fingerprint density at radius 3 is 2.17 bits per heavy atom. The number of ether oxygens (including phenoxy) is 2. The van der Waals surface area contributed by atoms with Crippen molar-refractivity contribution in [3.05, 3.63) is 24.3 Å². The number of benzene rings is 1. The molecule has 2 aliphatic heterocycles. The van der Waals surface area contributed by atoms with Crippen LogP contribution >= 0.6 is 0 Å². The molecule has 1 aromatic rings. The van der Waals surface area contributed by atoms with Gasteiger partial charge in [0, 0.05) is 25.0 Å². The molecule has 29 heavy (non-hydrogen) atoms. The molecule has 5 heteroatoms. The van der Waals surface area contributed by atoms with E-state index < -0.39 is 0 Å². The van der Waals surface area contributed by atoms with Crippen molar-refractivity contribution in [3.63, 3.8) is 0 Å². The van der Waals surface area contributed by atoms with Gasteiger partial charge in [0.15, 0.2) is 11.5 Å². The lowest BCUT2D eigenvalue weighted by Gasteiger charge is -2.44. The van der Waals surface area contributed by atoms with Gasteiger partial charge in [-0.3, -0.25) is 4.79 Å². The fourth-order valence-corrected chi connectivity index (χ4v) is 5.04. The lowest BCUT2D eigenvalue weighted by atomic mass is 9.70. The number of methoxy groups -OCH3 is 2. The van der Waals surface area contributed by atoms with Crippen LogP contribution in [-0.4, -0.2) is 62.1 Å². The highest BCUT2D eigenvalue weighted by molar-refractivity contribution is 5.78. The molecule has 0 spiro atoms. The van der Waals surface area contributed by atoms with Crippen molar-refractivity contribution in [2.75, 3.05) is 34.4 Å². The average Bonchev–Trinajstić information content (AvgIpc) is 3.32. The van der Waals surface area contributed by atoms with Gasteiger partial charge in [0.25, 0.3) is 0 Å². The molecule has 3 unspecified atom stereocenters. The fraction of sp³-hybridized carbons (Fsp3) is 0.708. The summed E-state index contributed by atoms with van der Waals surface area (Å²) in [6.07, 6.45) is 6.94. The predicted octanol–water partition coefficient (Wildman–Crippen LogP) is 4.60. The third-order valence-electron chi connectivity index (χ3n) is 6.76. The standard InChI is InChI=1S/C14H24N2O.C8H10O2.C2H6/c1-14-6-5-11(16-8-3-4-13(16)17)10-12(14)15(2)9-7-14;1-9-7-5-3-4-6-8(7)10-2;1-2/h11-12H,3-10H2,1-2H3;3-6H,1-2H3;1-2H3. The Kier molecular flexibility index (Phi) is 8.81. The molecule has 0 radical (unpaired) electrons. The summed E-state index contributed by atoms with van der Waals surface area (Å²) >= 11 is 0. The van der Waals surface area contributed by atoms with Crippen LogP contribution in [0.15, 0.2) is 24.3 Å². The molecule has 3 fully saturated rings. The van der Waals surface area contributed by atoms with Crippen LogP contribution in [0.25, 0.3) is 0 Å². The zero-order valence-electron chi connectivity index (χ0n) is 19.2. The highest BCUT2D eigenvalue weighted by Gasteiger charge is 2.47. The highest BCUT2D eigenvalue weighted by atomic mass is 16.5. The molecule has 2 heterocycles. The van der Waals surface area contributed by atoms with Crippen LogP contribution in [0.5, 0.6) is 11.5 Å². The third-order valence-corrected chi connectivity index (χ3v) is 6.76. The SMILES string of the molecule is CC.CN1CCC2(C)CCC(N3CCCC3=O)CC12.COc1ccccc1OC. The summed E-state index contributed by atoms with van der Waals surface area (Å²) in [5, 5.41) is 0. The Bertz CT molecular complexity index is 628. The molecule has 4 rings (SSSR count). The maximum Gasteiger partial charge on any atom is 0.222 e. The number of likely N-dealkylation sites (tertiary alicyclic amines) is 2. The quantitative estimate of drug-likeness (QED) is 0.738. The van der Waals surface area contributed by atoms with Crippen molar-refractivity contribution in [3.8, 4) is 11.5 Å². The predicted molar refractivity (Wildman–Crippen MR) is 119 cm³/mol. The Labute approximate surface area is 177 Å². The van der Waals surface area contributed by atoms with Crippen molar-refractivity contribution in [1.29, 1.82) is 0 Å². The molecular weight excluding hydrogens is 364 g/mol. The van der Waals surface area contributed by atoms with E-state index in [0.29, 0.717) is 23.4 Å². The molecule has 5 nitrogen and oxygen atoms in total. The first-order valence-electron chi connectivity index (χ1n) is 11.1. The van der Waals surface area contributed by atoms with Gasteiger partial charge in [-0.25, -0.2) is 0 Å². The van der Waals surface area contributed by atoms with E-state index in [1.165, 1.54) is 32.2 Å². The normalized spacial score (nSPS) is 28.6. The van der Waals surface area contributed by atoms with Gasteiger partial charge in [0.1, 0.15) is 0 Å². The molecule has 1 aromatic carbocycles. The molecule has 1 aliphatic carbocycles. The van der Waals surface area contributed by atoms with Gasteiger partial charge in [-0.2, -0.15) is 0 Å². The topological polar surface area (TPSA) is 42.0 Å². The van der Waals surface area contributed by atoms with Crippen molar-refractivity contribution < 1.29 is 14.3 Å². The monoisotopic (exact) mass is 404 g/mol. The number of hydrogen-bond acceptors (Lipinski definition) is 4. The third kappa shape index (κ3) is 5.44. The van der Waals surface area contributed by atoms with Crippen molar-refractivity contribution in [2.45, 2.75) is 71.4 Å². The molecule has 0 N–H and O–H groups in total. The lowest BCUT2D eigenvalue weighted by Crippen LogP contribution is -2.49. The summed E-state index contributed by atoms with van der Waals surface area (Å²) in [6.45, 7) is 8.70. The smallest absolute Gasteiger partial charge is 0.222 e. The van der Waals surface area contributed by atoms with Crippen LogP contribution in [-0.2, 0) is 4.79 Å². The largest absolute Gasteiger partial charge is 0.493 e. The fourth-order valence-electron chi connectivity index (χ4n) is 5.04. The molecule has 1 saturated carbocycles. The number of nitrogens with zero attached hydrogens (tertiary/aromatic N) is 2. The second-order valence-electron chi connectivity index (χ2n) is 8.37. The molecule has 0 bridgehead atoms. The van der Waals surface area contributed by atoms with Gasteiger partial charge < -0.3 is 19.3 Å². The summed E-state index contributed by atoms with van der Waals surface area (Å²) in [5.74, 6) is 1.94. The average molecular weight is 405 g/mol. The van der Waals surface area contributed by atoms with Crippen molar-refractivity contribution in [1.82, 2.24) is 9.80 Å². The summed E-state index contributed by atoms with van der Waals surface area (Å²) in [5.41, 5.74) is 0.522. The molecule has 2 saturated heterocycles. The van der Waals surface area contributed by atoms with E-state index in [9.17, 15) is 4.79 Å². The Morgan fingerprint density at radius 2 is 1.66 bits per heavy atom. The maximum absolute atomic E-state index is 11.8. The number of amides is 1. The molecule has 0 aromatic heterocycles. The number of carbonyl (C=O) groups is 1. The molecule has 3 aliphatic rings. The van der Waals surface area contributed by atoms with E-state index in [-0.39, 0.29) is 0 Å². The Balaban J connectivity index is 0.000000215. The zero-order chi connectivity index (χ0) is 21.4. The van der Waals surface area contributed by atoms with E-state index in [4.69, 9.17) is 9.47 Å². The highest BCUT2D eigenvalue weighted by Crippen LogP contribution is 2.47. The zero-order valence-corrected chi connectivity index (χ0v) is 19.2. The van der Waals surface area contributed by atoms with Crippen LogP contribution in [0.2, 0.25) is 0 Å². The number of hydrogen-bond donors (Lipinski definition) is 0. The maximum atomic E-state index is 11.8. The van der Waals surface area contributed by atoms with Crippen LogP contribution in [0.4, 0.5) is 0 Å². The molecule has 1 amide bonds. The lowest BCUT2D eigenvalue weighted by molar-refractivity contribution is -0.131. The number of para-hydroxylation sites is 2. The second kappa shape index (κ2) is 10.9. The van der Waals surface area contributed by atoms with E-state index in [0.717, 1.165) is 30.9 Å². The number of carbonyl (C=O) groups excluding carboxylic acids is 1. The van der Waals surface area contributed by atoms with Crippen molar-refractivity contribution >= 4 is 5.91 Å². The van der Waals surface area contributed by atoms with Gasteiger partial charge in [-0.1, -0.05) is 32.9 Å². The van der Waals surface area contributed by atoms with Gasteiger partial charge in [-0.05, 0) is 63.2 Å². The minimum absolute atomic E-state index is 0.402. The van der Waals surface area contributed by atoms with Gasteiger partial charge in [-0.15, -0.1) is 0 Å². The van der Waals surface area contributed by atoms with E-state index in [1.807, 2.05) is 38.1 Å². The minimum Gasteiger partial charge on any atom is -0.493 e. The van der Waals surface area contributed by atoms with Crippen LogP contribution < -0.4 is 9.47 Å². The number of rotatable bonds is 3. The van der Waals surface area contributed by atoms with E-state index in [2.05, 4.69) is 23.8 Å².